The Labute approximate surface area is 130 Å². The number of carbonyl (C=O) groups is 1. The van der Waals surface area contributed by atoms with E-state index in [-0.39, 0.29) is 5.91 Å². The topological polar surface area (TPSA) is 81.5 Å². The number of piperazine rings is 1. The number of amides is 1. The van der Waals surface area contributed by atoms with Gasteiger partial charge in [-0.1, -0.05) is 0 Å². The molecule has 2 heterocycles. The van der Waals surface area contributed by atoms with Gasteiger partial charge in [0.05, 0.1) is 25.0 Å². The lowest BCUT2D eigenvalue weighted by Crippen LogP contribution is -2.49. The van der Waals surface area contributed by atoms with Crippen LogP contribution in [0.15, 0.2) is 18.3 Å². The van der Waals surface area contributed by atoms with E-state index < -0.39 is 0 Å². The van der Waals surface area contributed by atoms with Gasteiger partial charge in [-0.25, -0.2) is 4.98 Å². The molecule has 0 atom stereocenters. The number of aromatic nitrogens is 1. The van der Waals surface area contributed by atoms with Gasteiger partial charge in [-0.05, 0) is 12.1 Å². The minimum atomic E-state index is 0.0329. The second-order valence-corrected chi connectivity index (χ2v) is 5.12. The molecule has 0 unspecified atom stereocenters. The standard InChI is InChI=1S/C15H21N5O2/c1-22-9-4-17-15(21)12-19-5-7-20(8-6-19)14-3-2-13(10-16)18-11-14/h2-3,11H,4-9,12H2,1H3,(H,17,21). The van der Waals surface area contributed by atoms with Crippen LogP contribution >= 0.6 is 0 Å². The first-order valence-electron chi connectivity index (χ1n) is 7.32. The SMILES string of the molecule is COCCNC(=O)CN1CCN(c2ccc(C#N)nc2)CC1. The second kappa shape index (κ2) is 8.32. The number of methoxy groups -OCH3 is 1. The molecule has 1 aliphatic heterocycles. The molecule has 0 saturated carbocycles. The molecular weight excluding hydrogens is 282 g/mol. The number of hydrogen-bond donors (Lipinski definition) is 1. The minimum absolute atomic E-state index is 0.0329. The van der Waals surface area contributed by atoms with E-state index in [1.807, 2.05) is 12.1 Å². The van der Waals surface area contributed by atoms with E-state index in [4.69, 9.17) is 10.00 Å². The highest BCUT2D eigenvalue weighted by Crippen LogP contribution is 2.15. The minimum Gasteiger partial charge on any atom is -0.383 e. The third-order valence-electron chi connectivity index (χ3n) is 3.60. The van der Waals surface area contributed by atoms with Gasteiger partial charge in [0.15, 0.2) is 0 Å². The molecule has 1 aromatic heterocycles. The first-order chi connectivity index (χ1) is 10.7. The summed E-state index contributed by atoms with van der Waals surface area (Å²) >= 11 is 0. The van der Waals surface area contributed by atoms with Gasteiger partial charge in [-0.2, -0.15) is 5.26 Å². The van der Waals surface area contributed by atoms with Gasteiger partial charge < -0.3 is 15.0 Å². The molecule has 1 fully saturated rings. The number of nitriles is 1. The first kappa shape index (κ1) is 16.2. The highest BCUT2D eigenvalue weighted by molar-refractivity contribution is 5.78. The van der Waals surface area contributed by atoms with E-state index in [1.54, 1.807) is 19.4 Å². The third kappa shape index (κ3) is 4.69. The molecule has 1 aliphatic rings. The molecule has 1 N–H and O–H groups in total. The summed E-state index contributed by atoms with van der Waals surface area (Å²) in [6.45, 7) is 4.86. The van der Waals surface area contributed by atoms with Crippen LogP contribution in [0.4, 0.5) is 5.69 Å². The Morgan fingerprint density at radius 3 is 2.77 bits per heavy atom. The van der Waals surface area contributed by atoms with Crippen molar-refractivity contribution in [3.63, 3.8) is 0 Å². The summed E-state index contributed by atoms with van der Waals surface area (Å²) in [5.74, 6) is 0.0329. The Balaban J connectivity index is 1.75. The van der Waals surface area contributed by atoms with E-state index >= 15 is 0 Å². The molecule has 7 nitrogen and oxygen atoms in total. The second-order valence-electron chi connectivity index (χ2n) is 5.12. The van der Waals surface area contributed by atoms with Gasteiger partial charge in [0, 0.05) is 39.8 Å². The van der Waals surface area contributed by atoms with Gasteiger partial charge in [0.2, 0.25) is 5.91 Å². The summed E-state index contributed by atoms with van der Waals surface area (Å²) < 4.78 is 4.90. The fraction of sp³-hybridized carbons (Fsp3) is 0.533. The number of ether oxygens (including phenoxy) is 1. The van der Waals surface area contributed by atoms with Crippen LogP contribution in [0.2, 0.25) is 0 Å². The first-order valence-corrected chi connectivity index (χ1v) is 7.32. The van der Waals surface area contributed by atoms with Crippen molar-refractivity contribution >= 4 is 11.6 Å². The monoisotopic (exact) mass is 303 g/mol. The van der Waals surface area contributed by atoms with Gasteiger partial charge in [-0.3, -0.25) is 9.69 Å². The molecule has 118 valence electrons. The molecule has 0 spiro atoms. The number of nitrogens with one attached hydrogen (secondary N) is 1. The Hall–Kier alpha value is -2.17. The predicted molar refractivity (Wildman–Crippen MR) is 82.5 cm³/mol. The molecule has 2 rings (SSSR count). The Kier molecular flexibility index (Phi) is 6.13. The lowest BCUT2D eigenvalue weighted by atomic mass is 10.2. The van der Waals surface area contributed by atoms with Gasteiger partial charge >= 0.3 is 0 Å². The van der Waals surface area contributed by atoms with E-state index in [0.29, 0.717) is 25.4 Å². The summed E-state index contributed by atoms with van der Waals surface area (Å²) in [5, 5.41) is 11.6. The molecule has 0 aliphatic carbocycles. The van der Waals surface area contributed by atoms with Crippen LogP contribution in [0.25, 0.3) is 0 Å². The molecule has 1 amide bonds. The van der Waals surface area contributed by atoms with Crippen molar-refractivity contribution < 1.29 is 9.53 Å². The Morgan fingerprint density at radius 2 is 2.18 bits per heavy atom. The molecule has 0 bridgehead atoms. The maximum absolute atomic E-state index is 11.7. The fourth-order valence-corrected chi connectivity index (χ4v) is 2.35. The average Bonchev–Trinajstić information content (AvgIpc) is 2.56. The summed E-state index contributed by atoms with van der Waals surface area (Å²) in [6.07, 6.45) is 1.73. The number of pyridine rings is 1. The van der Waals surface area contributed by atoms with Crippen molar-refractivity contribution in [2.24, 2.45) is 0 Å². The van der Waals surface area contributed by atoms with Crippen LogP contribution in [0, 0.1) is 11.3 Å². The van der Waals surface area contributed by atoms with Crippen molar-refractivity contribution in [1.29, 1.82) is 5.26 Å². The summed E-state index contributed by atoms with van der Waals surface area (Å²) in [7, 11) is 1.61. The number of rotatable bonds is 6. The number of hydrogen-bond acceptors (Lipinski definition) is 6. The maximum atomic E-state index is 11.7. The van der Waals surface area contributed by atoms with E-state index in [2.05, 4.69) is 20.1 Å². The van der Waals surface area contributed by atoms with Crippen LogP contribution in [0.1, 0.15) is 5.69 Å². The number of anilines is 1. The van der Waals surface area contributed by atoms with Crippen LogP contribution < -0.4 is 10.2 Å². The van der Waals surface area contributed by atoms with Crippen LogP contribution in [0.5, 0.6) is 0 Å². The number of nitrogens with zero attached hydrogens (tertiary/aromatic N) is 4. The van der Waals surface area contributed by atoms with Gasteiger partial charge in [0.25, 0.3) is 0 Å². The molecule has 0 radical (unpaired) electrons. The molecular formula is C15H21N5O2. The van der Waals surface area contributed by atoms with Crippen LogP contribution in [-0.2, 0) is 9.53 Å². The molecule has 7 heteroatoms. The zero-order chi connectivity index (χ0) is 15.8. The Bertz CT molecular complexity index is 518. The normalized spacial score (nSPS) is 15.4. The lowest BCUT2D eigenvalue weighted by Gasteiger charge is -2.35. The highest BCUT2D eigenvalue weighted by atomic mass is 16.5. The third-order valence-corrected chi connectivity index (χ3v) is 3.60. The van der Waals surface area contributed by atoms with Gasteiger partial charge in [-0.15, -0.1) is 0 Å². The summed E-state index contributed by atoms with van der Waals surface area (Å²) in [5.41, 5.74) is 1.44. The van der Waals surface area contributed by atoms with Gasteiger partial charge in [0.1, 0.15) is 11.8 Å². The number of carbonyl (C=O) groups excluding carboxylic acids is 1. The van der Waals surface area contributed by atoms with Crippen molar-refractivity contribution in [2.75, 3.05) is 57.9 Å². The molecule has 1 aromatic rings. The van der Waals surface area contributed by atoms with Crippen molar-refractivity contribution in [1.82, 2.24) is 15.2 Å². The fourth-order valence-electron chi connectivity index (χ4n) is 2.35. The van der Waals surface area contributed by atoms with Crippen LogP contribution in [0.3, 0.4) is 0 Å². The summed E-state index contributed by atoms with van der Waals surface area (Å²) in [6, 6.07) is 5.66. The smallest absolute Gasteiger partial charge is 0.234 e. The quantitative estimate of drug-likeness (QED) is 0.735. The predicted octanol–water partition coefficient (Wildman–Crippen LogP) is -0.162. The Morgan fingerprint density at radius 1 is 1.41 bits per heavy atom. The van der Waals surface area contributed by atoms with Crippen molar-refractivity contribution in [3.8, 4) is 6.07 Å². The molecule has 0 aromatic carbocycles. The van der Waals surface area contributed by atoms with E-state index in [1.165, 1.54) is 0 Å². The van der Waals surface area contributed by atoms with E-state index in [9.17, 15) is 4.79 Å². The maximum Gasteiger partial charge on any atom is 0.234 e. The average molecular weight is 303 g/mol. The zero-order valence-corrected chi connectivity index (χ0v) is 12.8. The highest BCUT2D eigenvalue weighted by Gasteiger charge is 2.19. The van der Waals surface area contributed by atoms with E-state index in [0.717, 1.165) is 31.9 Å². The summed E-state index contributed by atoms with van der Waals surface area (Å²) in [4.78, 5) is 20.2. The largest absolute Gasteiger partial charge is 0.383 e. The molecule has 22 heavy (non-hydrogen) atoms. The van der Waals surface area contributed by atoms with Crippen molar-refractivity contribution in [3.05, 3.63) is 24.0 Å². The molecule has 1 saturated heterocycles. The zero-order valence-electron chi connectivity index (χ0n) is 12.8. The lowest BCUT2D eigenvalue weighted by molar-refractivity contribution is -0.122. The van der Waals surface area contributed by atoms with Crippen LogP contribution in [-0.4, -0.2) is 68.8 Å². The van der Waals surface area contributed by atoms with Crippen molar-refractivity contribution in [2.45, 2.75) is 0 Å².